The number of aliphatic hydroxyl groups is 5. The highest BCUT2D eigenvalue weighted by Gasteiger charge is 2.70. The second kappa shape index (κ2) is 21.7. The van der Waals surface area contributed by atoms with E-state index in [1.54, 1.807) is 4.67 Å². The number of ether oxygens (including phenoxy) is 2. The maximum Gasteiger partial charge on any atom is 0.351 e. The van der Waals surface area contributed by atoms with Gasteiger partial charge in [0.15, 0.2) is 12.8 Å². The predicted molar refractivity (Wildman–Crippen MR) is 262 cm³/mol. The van der Waals surface area contributed by atoms with Crippen LogP contribution in [0.15, 0.2) is 70.8 Å². The van der Waals surface area contributed by atoms with E-state index in [9.17, 15) is 39.4 Å². The fourth-order valence-electron chi connectivity index (χ4n) is 12.1. The summed E-state index contributed by atoms with van der Waals surface area (Å²) in [4.78, 5) is 39.8. The molecule has 9 rings (SSSR count). The lowest BCUT2D eigenvalue weighted by atomic mass is 9.46. The van der Waals surface area contributed by atoms with E-state index in [0.29, 0.717) is 44.3 Å². The van der Waals surface area contributed by atoms with Crippen molar-refractivity contribution in [2.75, 3.05) is 56.9 Å². The van der Waals surface area contributed by atoms with Gasteiger partial charge in [-0.25, -0.2) is 19.2 Å². The summed E-state index contributed by atoms with van der Waals surface area (Å²) in [5.41, 5.74) is 7.46. The molecule has 6 aliphatic rings. The second-order valence-electron chi connectivity index (χ2n) is 19.5. The molecular weight excluding hydrogens is 968 g/mol. The summed E-state index contributed by atoms with van der Waals surface area (Å²) in [6.07, 6.45) is 5.14. The molecule has 0 spiro atoms. The van der Waals surface area contributed by atoms with Crippen molar-refractivity contribution in [1.82, 2.24) is 29.1 Å². The number of alkyl halides is 2. The maximum atomic E-state index is 13.4. The summed E-state index contributed by atoms with van der Waals surface area (Å²) >= 11 is 11.2. The first kappa shape index (κ1) is 54.0. The van der Waals surface area contributed by atoms with E-state index in [2.05, 4.69) is 48.2 Å². The van der Waals surface area contributed by atoms with Crippen LogP contribution in [-0.4, -0.2) is 143 Å². The molecule has 2 saturated heterocycles. The summed E-state index contributed by atoms with van der Waals surface area (Å²) in [7, 11) is -2.84. The Bertz CT molecular complexity index is 2530. The van der Waals surface area contributed by atoms with E-state index in [1.165, 1.54) is 30.3 Å². The average Bonchev–Trinajstić information content (AvgIpc) is 3.93. The Morgan fingerprint density at radius 1 is 1.10 bits per heavy atom. The second-order valence-corrected chi connectivity index (χ2v) is 22.5. The Kier molecular flexibility index (Phi) is 16.7. The van der Waals surface area contributed by atoms with Crippen LogP contribution >= 0.6 is 30.9 Å². The van der Waals surface area contributed by atoms with Crippen molar-refractivity contribution < 1.29 is 53.7 Å². The number of aromatic nitrogens is 4. The number of hydrogen-bond donors (Lipinski definition) is 7. The molecule has 1 unspecified atom stereocenters. The highest BCUT2D eigenvalue weighted by atomic mass is 35.5. The quantitative estimate of drug-likeness (QED) is 0.0821. The predicted octanol–water partition coefficient (Wildman–Crippen LogP) is 3.62. The Hall–Kier alpha value is -3.82. The molecular formula is C48H66Cl2N7O12P. The van der Waals surface area contributed by atoms with Crippen molar-refractivity contribution in [3.8, 4) is 5.69 Å². The Balaban J connectivity index is 0.000000191. The van der Waals surface area contributed by atoms with Crippen LogP contribution < -0.4 is 16.5 Å². The van der Waals surface area contributed by atoms with Crippen molar-refractivity contribution >= 4 is 54.5 Å². The standard InChI is InChI=1S/C32H38N2O5.C9H13N3O5.C7H15Cl2N2O2P/c1-18-11-23-25-12-19(2)32(38,28(37)17-39-20(3)35)31(25,5)15-27(36)29(23)30(4)14-21-16-33-34(26(21)13-24(18)30)22-9-7-6-8-10-22;10-5-1-2-12(9(16)11-5)8-7(15)6(14)4(3-13)17-8;8-2-5-11(6-3-9)14(12)10-4-1-7-13-14/h6-11,13,16,19,23,25,27,29,36,38H,12,14-15,17H2,1-5H3;1-2,4,6-8,13-15H,3H2,(H2,10,11,16);1-7H2,(H,10,12)/t19-,23+,25+,27+,29-,30+,31+,32+;4-,6-,7+,8-;/m11./s1. The minimum Gasteiger partial charge on any atom is -0.458 e. The number of nitrogen functional groups attached to an aromatic ring is 1. The normalized spacial score (nSPS) is 35.1. The van der Waals surface area contributed by atoms with Gasteiger partial charge in [-0.15, -0.1) is 23.2 Å². The van der Waals surface area contributed by atoms with Crippen LogP contribution in [-0.2, 0) is 34.6 Å². The number of nitrogens with two attached hydrogens (primary N) is 1. The molecule has 13 atom stereocenters. The molecule has 2 saturated carbocycles. The van der Waals surface area contributed by atoms with Gasteiger partial charge in [0.25, 0.3) is 0 Å². The van der Waals surface area contributed by atoms with Gasteiger partial charge in [0, 0.05) is 61.3 Å². The van der Waals surface area contributed by atoms with E-state index >= 15 is 0 Å². The molecule has 384 valence electrons. The third kappa shape index (κ3) is 9.98. The van der Waals surface area contributed by atoms with E-state index in [4.69, 9.17) is 53.1 Å². The van der Waals surface area contributed by atoms with Crippen molar-refractivity contribution in [1.29, 1.82) is 0 Å². The molecule has 19 nitrogen and oxygen atoms in total. The molecule has 4 heterocycles. The van der Waals surface area contributed by atoms with Gasteiger partial charge in [-0.2, -0.15) is 10.1 Å². The number of anilines is 1. The fourth-order valence-corrected chi connectivity index (χ4v) is 14.7. The molecule has 4 aliphatic carbocycles. The highest BCUT2D eigenvalue weighted by Crippen LogP contribution is 2.68. The summed E-state index contributed by atoms with van der Waals surface area (Å²) in [5, 5.41) is 59.7. The number of esters is 1. The number of benzene rings is 1. The summed E-state index contributed by atoms with van der Waals surface area (Å²) < 4.78 is 32.4. The zero-order valence-electron chi connectivity index (χ0n) is 40.1. The molecule has 22 heteroatoms. The number of halogens is 2. The topological polar surface area (TPSA) is 274 Å². The lowest BCUT2D eigenvalue weighted by molar-refractivity contribution is -0.182. The van der Waals surface area contributed by atoms with Crippen LogP contribution in [0.3, 0.4) is 0 Å². The van der Waals surface area contributed by atoms with Crippen LogP contribution in [0.1, 0.15) is 71.4 Å². The van der Waals surface area contributed by atoms with Gasteiger partial charge in [0.1, 0.15) is 29.7 Å². The SMILES string of the molecule is CC(=O)OCC(=O)[C@@]1(O)[C@H](C)C[C@H]2[C@@H]3C=C(C)C4=Cc5c(cnn5-c5ccccc5)C[C@]4(C)[C@H]3[C@@H](O)C[C@@]21C.Nc1ccn([C@@H]2O[C@H](CO)[C@@H](O)[C@@H]2O)c(=O)n1.O=P1(N(CCCl)CCCl)NCCCO1. The average molecular weight is 1030 g/mol. The summed E-state index contributed by atoms with van der Waals surface area (Å²) in [5.74, 6) is -0.485. The number of carbonyl (C=O) groups is 2. The van der Waals surface area contributed by atoms with Gasteiger partial charge >= 0.3 is 19.3 Å². The molecule has 1 aromatic carbocycles. The number of rotatable bonds is 11. The number of nitrogens with one attached hydrogen (secondary N) is 1. The molecule has 2 aliphatic heterocycles. The minimum atomic E-state index is -2.84. The molecule has 2 aromatic heterocycles. The molecule has 4 fully saturated rings. The van der Waals surface area contributed by atoms with Crippen LogP contribution in [0.4, 0.5) is 5.82 Å². The van der Waals surface area contributed by atoms with Crippen molar-refractivity contribution in [2.24, 2.45) is 34.5 Å². The van der Waals surface area contributed by atoms with E-state index in [-0.39, 0.29) is 34.9 Å². The number of nitrogens with zero attached hydrogens (tertiary/aromatic N) is 5. The van der Waals surface area contributed by atoms with Crippen LogP contribution in [0, 0.1) is 34.5 Å². The van der Waals surface area contributed by atoms with Crippen molar-refractivity contribution in [2.45, 2.75) is 96.5 Å². The van der Waals surface area contributed by atoms with E-state index in [0.717, 1.165) is 40.9 Å². The zero-order valence-corrected chi connectivity index (χ0v) is 42.5. The number of Topliss-reactive ketones (excluding diaryl/α,β-unsaturated/α-hetero) is 1. The van der Waals surface area contributed by atoms with Gasteiger partial charge in [0.2, 0.25) is 5.78 Å². The first-order valence-corrected chi connectivity index (χ1v) is 26.3. The van der Waals surface area contributed by atoms with Gasteiger partial charge < -0.3 is 45.3 Å². The third-order valence-electron chi connectivity index (χ3n) is 15.3. The van der Waals surface area contributed by atoms with Gasteiger partial charge in [-0.3, -0.25) is 18.7 Å². The number of ketones is 1. The third-order valence-corrected chi connectivity index (χ3v) is 18.0. The van der Waals surface area contributed by atoms with Gasteiger partial charge in [0.05, 0.1) is 36.9 Å². The Labute approximate surface area is 417 Å². The van der Waals surface area contributed by atoms with Crippen molar-refractivity contribution in [3.63, 3.8) is 0 Å². The molecule has 0 amide bonds. The number of para-hydroxylation sites is 1. The zero-order chi connectivity index (χ0) is 50.9. The van der Waals surface area contributed by atoms with E-state index < -0.39 is 80.0 Å². The Morgan fingerprint density at radius 2 is 1.80 bits per heavy atom. The summed E-state index contributed by atoms with van der Waals surface area (Å²) in [6, 6.07) is 11.5. The maximum absolute atomic E-state index is 13.4. The fraction of sp³-hybridized carbons (Fsp3) is 0.604. The lowest BCUT2D eigenvalue weighted by Gasteiger charge is -2.59. The number of carbonyl (C=O) groups excluding carboxylic acids is 2. The first-order valence-electron chi connectivity index (χ1n) is 23.6. The first-order chi connectivity index (χ1) is 33.2. The Morgan fingerprint density at radius 3 is 2.40 bits per heavy atom. The van der Waals surface area contributed by atoms with Crippen LogP contribution in [0.5, 0.6) is 0 Å². The molecule has 3 aromatic rings. The minimum absolute atomic E-state index is 0.00428. The van der Waals surface area contributed by atoms with Crippen molar-refractivity contribution in [3.05, 3.63) is 87.8 Å². The molecule has 0 radical (unpaired) electrons. The number of aliphatic hydroxyl groups excluding tert-OH is 4. The number of hydrogen-bond acceptors (Lipinski definition) is 15. The monoisotopic (exact) mass is 1030 g/mol. The van der Waals surface area contributed by atoms with E-state index in [1.807, 2.05) is 42.9 Å². The van der Waals surface area contributed by atoms with Gasteiger partial charge in [-0.05, 0) is 85.8 Å². The summed E-state index contributed by atoms with van der Waals surface area (Å²) in [6.45, 7) is 10.9. The van der Waals surface area contributed by atoms with Crippen LogP contribution in [0.25, 0.3) is 11.8 Å². The molecule has 0 bridgehead atoms. The molecule has 70 heavy (non-hydrogen) atoms. The van der Waals surface area contributed by atoms with Gasteiger partial charge in [-0.1, -0.05) is 50.6 Å². The molecule has 8 N–H and O–H groups in total. The highest BCUT2D eigenvalue weighted by molar-refractivity contribution is 7.54. The lowest BCUT2D eigenvalue weighted by Crippen LogP contribution is -2.62. The van der Waals surface area contributed by atoms with Crippen LogP contribution in [0.2, 0.25) is 0 Å². The number of allylic oxidation sites excluding steroid dienone is 3. The smallest absolute Gasteiger partial charge is 0.351 e. The number of fused-ring (bicyclic) bond motifs is 6. The largest absolute Gasteiger partial charge is 0.458 e.